The van der Waals surface area contributed by atoms with E-state index >= 15 is 0 Å². The van der Waals surface area contributed by atoms with E-state index in [0.717, 1.165) is 26.0 Å². The maximum Gasteiger partial charge on any atom is 0.129 e. The summed E-state index contributed by atoms with van der Waals surface area (Å²) in [6.07, 6.45) is 2.34. The van der Waals surface area contributed by atoms with Gasteiger partial charge in [0.2, 0.25) is 0 Å². The molecule has 0 radical (unpaired) electrons. The number of ether oxygens (including phenoxy) is 1. The van der Waals surface area contributed by atoms with E-state index in [1.807, 2.05) is 13.8 Å². The van der Waals surface area contributed by atoms with Gasteiger partial charge in [0.1, 0.15) is 5.82 Å². The number of halogens is 2. The highest BCUT2D eigenvalue weighted by Crippen LogP contribution is 2.14. The number of benzene rings is 1. The highest BCUT2D eigenvalue weighted by atomic mass is 35.5. The lowest BCUT2D eigenvalue weighted by atomic mass is 10.2. The Labute approximate surface area is 113 Å². The van der Waals surface area contributed by atoms with Gasteiger partial charge in [-0.3, -0.25) is 0 Å². The molecule has 1 aromatic rings. The summed E-state index contributed by atoms with van der Waals surface area (Å²) < 4.78 is 18.9. The molecule has 0 saturated carbocycles. The molecule has 0 aliphatic rings. The van der Waals surface area contributed by atoms with E-state index in [9.17, 15) is 4.39 Å². The SMILES string of the molecule is CC(C)OCCCCNCc1ccc(Cl)cc1F. The van der Waals surface area contributed by atoms with Gasteiger partial charge in [-0.2, -0.15) is 0 Å². The van der Waals surface area contributed by atoms with Gasteiger partial charge >= 0.3 is 0 Å². The summed E-state index contributed by atoms with van der Waals surface area (Å²) in [5.74, 6) is -0.252. The molecule has 1 rings (SSSR count). The van der Waals surface area contributed by atoms with Gasteiger partial charge in [-0.05, 0) is 45.4 Å². The van der Waals surface area contributed by atoms with E-state index < -0.39 is 0 Å². The van der Waals surface area contributed by atoms with E-state index in [0.29, 0.717) is 23.2 Å². The Morgan fingerprint density at radius 3 is 2.78 bits per heavy atom. The van der Waals surface area contributed by atoms with Crippen molar-refractivity contribution in [2.75, 3.05) is 13.2 Å². The molecule has 0 aromatic heterocycles. The molecule has 0 aliphatic heterocycles. The molecule has 0 saturated heterocycles. The van der Waals surface area contributed by atoms with Gasteiger partial charge in [0.15, 0.2) is 0 Å². The number of hydrogen-bond acceptors (Lipinski definition) is 2. The van der Waals surface area contributed by atoms with Crippen LogP contribution in [0.3, 0.4) is 0 Å². The third-order valence-corrected chi connectivity index (χ3v) is 2.76. The maximum atomic E-state index is 13.4. The van der Waals surface area contributed by atoms with Crippen molar-refractivity contribution >= 4 is 11.6 Å². The van der Waals surface area contributed by atoms with E-state index in [2.05, 4.69) is 5.32 Å². The lowest BCUT2D eigenvalue weighted by molar-refractivity contribution is 0.0760. The van der Waals surface area contributed by atoms with Crippen LogP contribution in [0.15, 0.2) is 18.2 Å². The smallest absolute Gasteiger partial charge is 0.129 e. The first-order valence-corrected chi connectivity index (χ1v) is 6.73. The molecule has 1 N–H and O–H groups in total. The Kier molecular flexibility index (Phi) is 7.25. The fourth-order valence-corrected chi connectivity index (χ4v) is 1.72. The molecule has 0 heterocycles. The number of hydrogen-bond donors (Lipinski definition) is 1. The van der Waals surface area contributed by atoms with Crippen LogP contribution >= 0.6 is 11.6 Å². The van der Waals surface area contributed by atoms with Crippen LogP contribution < -0.4 is 5.32 Å². The van der Waals surface area contributed by atoms with Crippen LogP contribution in [-0.4, -0.2) is 19.3 Å². The lowest BCUT2D eigenvalue weighted by Crippen LogP contribution is -2.16. The highest BCUT2D eigenvalue weighted by molar-refractivity contribution is 6.30. The summed E-state index contributed by atoms with van der Waals surface area (Å²) in [7, 11) is 0. The molecule has 2 nitrogen and oxygen atoms in total. The van der Waals surface area contributed by atoms with Crippen molar-refractivity contribution in [1.82, 2.24) is 5.32 Å². The highest BCUT2D eigenvalue weighted by Gasteiger charge is 2.02. The largest absolute Gasteiger partial charge is 0.379 e. The van der Waals surface area contributed by atoms with Crippen molar-refractivity contribution in [3.05, 3.63) is 34.6 Å². The second-order valence-electron chi connectivity index (χ2n) is 4.54. The molecule has 1 aromatic carbocycles. The second-order valence-corrected chi connectivity index (χ2v) is 4.98. The minimum absolute atomic E-state index is 0.252. The monoisotopic (exact) mass is 273 g/mol. The van der Waals surface area contributed by atoms with Gasteiger partial charge in [-0.15, -0.1) is 0 Å². The molecule has 18 heavy (non-hydrogen) atoms. The molecule has 0 aliphatic carbocycles. The zero-order chi connectivity index (χ0) is 13.4. The standard InChI is InChI=1S/C14H21ClFNO/c1-11(2)18-8-4-3-7-17-10-12-5-6-13(15)9-14(12)16/h5-6,9,11,17H,3-4,7-8,10H2,1-2H3. The third kappa shape index (κ3) is 6.34. The summed E-state index contributed by atoms with van der Waals surface area (Å²) in [6.45, 7) is 6.25. The van der Waals surface area contributed by atoms with Crippen LogP contribution in [0.1, 0.15) is 32.3 Å². The molecule has 0 spiro atoms. The van der Waals surface area contributed by atoms with E-state index in [-0.39, 0.29) is 5.82 Å². The van der Waals surface area contributed by atoms with Crippen LogP contribution in [0.2, 0.25) is 5.02 Å². The second kappa shape index (κ2) is 8.46. The Hall–Kier alpha value is -0.640. The van der Waals surface area contributed by atoms with Crippen LogP contribution in [-0.2, 0) is 11.3 Å². The number of rotatable bonds is 8. The van der Waals surface area contributed by atoms with Crippen molar-refractivity contribution in [1.29, 1.82) is 0 Å². The number of unbranched alkanes of at least 4 members (excludes halogenated alkanes) is 1. The quantitative estimate of drug-likeness (QED) is 0.728. The average molecular weight is 274 g/mol. The van der Waals surface area contributed by atoms with E-state index in [1.54, 1.807) is 12.1 Å². The number of nitrogens with one attached hydrogen (secondary N) is 1. The van der Waals surface area contributed by atoms with Crippen LogP contribution in [0.5, 0.6) is 0 Å². The first-order valence-electron chi connectivity index (χ1n) is 6.36. The summed E-state index contributed by atoms with van der Waals surface area (Å²) >= 11 is 5.69. The van der Waals surface area contributed by atoms with Gasteiger partial charge in [-0.25, -0.2) is 4.39 Å². The van der Waals surface area contributed by atoms with Gasteiger partial charge in [0, 0.05) is 23.7 Å². The first kappa shape index (κ1) is 15.4. The molecular formula is C14H21ClFNO. The fourth-order valence-electron chi connectivity index (χ4n) is 1.56. The zero-order valence-corrected chi connectivity index (χ0v) is 11.8. The summed E-state index contributed by atoms with van der Waals surface area (Å²) in [6, 6.07) is 4.76. The summed E-state index contributed by atoms with van der Waals surface area (Å²) in [5.41, 5.74) is 0.651. The predicted octanol–water partition coefficient (Wildman–Crippen LogP) is 3.77. The lowest BCUT2D eigenvalue weighted by Gasteiger charge is -2.08. The molecule has 0 bridgehead atoms. The van der Waals surface area contributed by atoms with Crippen molar-refractivity contribution in [2.24, 2.45) is 0 Å². The van der Waals surface area contributed by atoms with Crippen LogP contribution in [0.4, 0.5) is 4.39 Å². The van der Waals surface area contributed by atoms with E-state index in [1.165, 1.54) is 6.07 Å². The van der Waals surface area contributed by atoms with E-state index in [4.69, 9.17) is 16.3 Å². The predicted molar refractivity (Wildman–Crippen MR) is 73.4 cm³/mol. The van der Waals surface area contributed by atoms with Crippen LogP contribution in [0, 0.1) is 5.82 Å². The summed E-state index contributed by atoms with van der Waals surface area (Å²) in [5, 5.41) is 3.64. The Balaban J connectivity index is 2.11. The molecular weight excluding hydrogens is 253 g/mol. The summed E-state index contributed by atoms with van der Waals surface area (Å²) in [4.78, 5) is 0. The van der Waals surface area contributed by atoms with Crippen molar-refractivity contribution in [3.63, 3.8) is 0 Å². The van der Waals surface area contributed by atoms with Crippen molar-refractivity contribution < 1.29 is 9.13 Å². The fraction of sp³-hybridized carbons (Fsp3) is 0.571. The maximum absolute atomic E-state index is 13.4. The molecule has 0 amide bonds. The topological polar surface area (TPSA) is 21.3 Å². The van der Waals surface area contributed by atoms with Crippen molar-refractivity contribution in [3.8, 4) is 0 Å². The molecule has 0 fully saturated rings. The Morgan fingerprint density at radius 2 is 2.11 bits per heavy atom. The minimum atomic E-state index is -0.252. The van der Waals surface area contributed by atoms with Gasteiger partial charge < -0.3 is 10.1 Å². The molecule has 0 unspecified atom stereocenters. The van der Waals surface area contributed by atoms with Gasteiger partial charge in [-0.1, -0.05) is 17.7 Å². The molecule has 0 atom stereocenters. The minimum Gasteiger partial charge on any atom is -0.379 e. The average Bonchev–Trinajstić information content (AvgIpc) is 2.30. The third-order valence-electron chi connectivity index (χ3n) is 2.53. The Morgan fingerprint density at radius 1 is 1.33 bits per heavy atom. The zero-order valence-electron chi connectivity index (χ0n) is 11.0. The first-order chi connectivity index (χ1) is 8.59. The van der Waals surface area contributed by atoms with Gasteiger partial charge in [0.25, 0.3) is 0 Å². The normalized spacial score (nSPS) is 11.2. The van der Waals surface area contributed by atoms with Crippen molar-refractivity contribution in [2.45, 2.75) is 39.3 Å². The molecule has 102 valence electrons. The van der Waals surface area contributed by atoms with Crippen LogP contribution in [0.25, 0.3) is 0 Å². The van der Waals surface area contributed by atoms with Gasteiger partial charge in [0.05, 0.1) is 6.10 Å². The Bertz CT molecular complexity index is 358. The molecule has 4 heteroatoms.